The highest BCUT2D eigenvalue weighted by atomic mass is 16.6. The van der Waals surface area contributed by atoms with Gasteiger partial charge in [0.1, 0.15) is 6.10 Å². The molecule has 3 heterocycles. The van der Waals surface area contributed by atoms with Crippen molar-refractivity contribution in [3.8, 4) is 0 Å². The number of amides is 2. The zero-order valence-corrected chi connectivity index (χ0v) is 24.5. The van der Waals surface area contributed by atoms with Crippen LogP contribution in [0.15, 0.2) is 36.0 Å². The van der Waals surface area contributed by atoms with Crippen LogP contribution in [-0.4, -0.2) is 79.6 Å². The number of epoxide rings is 1. The van der Waals surface area contributed by atoms with Crippen molar-refractivity contribution in [3.63, 3.8) is 0 Å². The summed E-state index contributed by atoms with van der Waals surface area (Å²) in [5, 5.41) is 5.83. The molecule has 0 saturated carbocycles. The van der Waals surface area contributed by atoms with Gasteiger partial charge in [0.25, 0.3) is 0 Å². The molecule has 0 aromatic carbocycles. The SMILES string of the molecule is CC(=O)O[C@@H](C)/C=C\C(=O)N[C@@H]1C[C@H](C)[C@H](C/C=C(C)/C=C/[C@@H]2C[C@]3(CO3)CC(CC(=O)NCCN)O2)O[C@@H]1C. The Morgan fingerprint density at radius 3 is 2.58 bits per heavy atom. The Hall–Kier alpha value is -2.53. The molecule has 3 saturated heterocycles. The second-order valence-electron chi connectivity index (χ2n) is 11.4. The van der Waals surface area contributed by atoms with Crippen LogP contribution in [0.4, 0.5) is 0 Å². The Morgan fingerprint density at radius 1 is 1.15 bits per heavy atom. The topological polar surface area (TPSA) is 142 Å². The molecule has 3 rings (SSSR count). The summed E-state index contributed by atoms with van der Waals surface area (Å²) in [4.78, 5) is 35.5. The van der Waals surface area contributed by atoms with E-state index in [9.17, 15) is 14.4 Å². The first kappa shape index (κ1) is 32.0. The molecule has 0 aromatic heterocycles. The maximum absolute atomic E-state index is 12.4. The lowest BCUT2D eigenvalue weighted by molar-refractivity contribution is -0.143. The number of carbonyl (C=O) groups excluding carboxylic acids is 3. The normalized spacial score (nSPS) is 33.2. The summed E-state index contributed by atoms with van der Waals surface area (Å²) in [6, 6.07) is -0.0943. The molecule has 3 fully saturated rings. The molecule has 8 atom stereocenters. The molecule has 10 nitrogen and oxygen atoms in total. The van der Waals surface area contributed by atoms with Crippen molar-refractivity contribution < 1.29 is 33.3 Å². The lowest BCUT2D eigenvalue weighted by Crippen LogP contribution is -2.50. The maximum Gasteiger partial charge on any atom is 0.303 e. The largest absolute Gasteiger partial charge is 0.459 e. The van der Waals surface area contributed by atoms with E-state index in [-0.39, 0.29) is 59.8 Å². The van der Waals surface area contributed by atoms with E-state index in [1.54, 1.807) is 13.0 Å². The van der Waals surface area contributed by atoms with E-state index in [2.05, 4.69) is 42.7 Å². The summed E-state index contributed by atoms with van der Waals surface area (Å²) in [5.41, 5.74) is 6.43. The summed E-state index contributed by atoms with van der Waals surface area (Å²) < 4.78 is 23.2. The monoisotopic (exact) mass is 561 g/mol. The molecule has 4 N–H and O–H groups in total. The van der Waals surface area contributed by atoms with E-state index in [0.29, 0.717) is 19.5 Å². The smallest absolute Gasteiger partial charge is 0.303 e. The lowest BCUT2D eigenvalue weighted by Gasteiger charge is -2.39. The van der Waals surface area contributed by atoms with E-state index in [1.165, 1.54) is 13.0 Å². The molecule has 0 bridgehead atoms. The molecule has 1 unspecified atom stereocenters. The summed E-state index contributed by atoms with van der Waals surface area (Å²) in [6.45, 7) is 10.8. The minimum absolute atomic E-state index is 0.0464. The Kier molecular flexibility index (Phi) is 11.9. The predicted octanol–water partition coefficient (Wildman–Crippen LogP) is 2.47. The van der Waals surface area contributed by atoms with Crippen LogP contribution in [0.25, 0.3) is 0 Å². The first-order chi connectivity index (χ1) is 19.0. The molecular formula is C30H47N3O7. The number of carbonyl (C=O) groups is 3. The van der Waals surface area contributed by atoms with E-state index in [1.807, 2.05) is 6.92 Å². The minimum Gasteiger partial charge on any atom is -0.459 e. The second kappa shape index (κ2) is 14.9. The molecule has 40 heavy (non-hydrogen) atoms. The Morgan fingerprint density at radius 2 is 1.90 bits per heavy atom. The summed E-state index contributed by atoms with van der Waals surface area (Å²) in [5.74, 6) is -0.398. The summed E-state index contributed by atoms with van der Waals surface area (Å²) in [6.07, 6.45) is 11.9. The van der Waals surface area contributed by atoms with Crippen molar-refractivity contribution in [1.29, 1.82) is 0 Å². The van der Waals surface area contributed by atoms with Crippen molar-refractivity contribution >= 4 is 17.8 Å². The van der Waals surface area contributed by atoms with Crippen molar-refractivity contribution in [2.45, 2.75) is 109 Å². The highest BCUT2D eigenvalue weighted by molar-refractivity contribution is 5.87. The fourth-order valence-electron chi connectivity index (χ4n) is 5.37. The number of allylic oxidation sites excluding steroid dienone is 2. The van der Waals surface area contributed by atoms with Gasteiger partial charge in [0.2, 0.25) is 11.8 Å². The number of hydrogen-bond acceptors (Lipinski definition) is 8. The molecule has 0 radical (unpaired) electrons. The van der Waals surface area contributed by atoms with E-state index in [0.717, 1.165) is 37.9 Å². The van der Waals surface area contributed by atoms with Crippen LogP contribution in [0, 0.1) is 5.92 Å². The minimum atomic E-state index is -0.460. The predicted molar refractivity (Wildman–Crippen MR) is 151 cm³/mol. The molecule has 3 aliphatic rings. The first-order valence-corrected chi connectivity index (χ1v) is 14.4. The van der Waals surface area contributed by atoms with Crippen LogP contribution >= 0.6 is 0 Å². The Bertz CT molecular complexity index is 974. The zero-order valence-electron chi connectivity index (χ0n) is 24.5. The quantitative estimate of drug-likeness (QED) is 0.143. The number of rotatable bonds is 12. The fraction of sp³-hybridized carbons (Fsp3) is 0.700. The molecule has 0 aromatic rings. The van der Waals surface area contributed by atoms with E-state index < -0.39 is 6.10 Å². The summed E-state index contributed by atoms with van der Waals surface area (Å²) >= 11 is 0. The van der Waals surface area contributed by atoms with Crippen LogP contribution in [-0.2, 0) is 33.3 Å². The standard InChI is InChI=1S/C30H47N3O7/c1-19(6-9-24-16-30(18-37-30)17-25(40-24)15-29(36)32-13-12-31)7-10-27-20(2)14-26(22(4)39-27)33-28(35)11-8-21(3)38-23(5)34/h6-9,11,20-22,24-27H,10,12-18,31H2,1-5H3,(H,32,36)(H,33,35)/b9-6+,11-8-,19-7+/t20-,21-,22+,24+,25?,26+,27-,30+/m0/s1. The van der Waals surface area contributed by atoms with Crippen LogP contribution in [0.5, 0.6) is 0 Å². The average Bonchev–Trinajstić information content (AvgIpc) is 3.62. The van der Waals surface area contributed by atoms with Gasteiger partial charge in [0, 0.05) is 38.9 Å². The van der Waals surface area contributed by atoms with Gasteiger partial charge in [-0.25, -0.2) is 0 Å². The average molecular weight is 562 g/mol. The third kappa shape index (κ3) is 10.5. The van der Waals surface area contributed by atoms with Crippen molar-refractivity contribution in [2.24, 2.45) is 11.7 Å². The second-order valence-corrected chi connectivity index (χ2v) is 11.4. The van der Waals surface area contributed by atoms with Crippen LogP contribution in [0.3, 0.4) is 0 Å². The Balaban J connectivity index is 1.46. The third-order valence-electron chi connectivity index (χ3n) is 7.63. The van der Waals surface area contributed by atoms with Crippen molar-refractivity contribution in [2.75, 3.05) is 19.7 Å². The lowest BCUT2D eigenvalue weighted by atomic mass is 9.88. The first-order valence-electron chi connectivity index (χ1n) is 14.4. The molecule has 3 aliphatic heterocycles. The van der Waals surface area contributed by atoms with Gasteiger partial charge in [-0.1, -0.05) is 30.7 Å². The molecular weight excluding hydrogens is 514 g/mol. The fourth-order valence-corrected chi connectivity index (χ4v) is 5.37. The molecule has 2 amide bonds. The van der Waals surface area contributed by atoms with Gasteiger partial charge < -0.3 is 35.3 Å². The van der Waals surface area contributed by atoms with Gasteiger partial charge in [-0.05, 0) is 45.6 Å². The molecule has 10 heteroatoms. The number of ether oxygens (including phenoxy) is 4. The number of hydrogen-bond donors (Lipinski definition) is 3. The van der Waals surface area contributed by atoms with Gasteiger partial charge in [0.15, 0.2) is 0 Å². The maximum atomic E-state index is 12.4. The van der Waals surface area contributed by atoms with Gasteiger partial charge >= 0.3 is 5.97 Å². The molecule has 0 aliphatic carbocycles. The van der Waals surface area contributed by atoms with Crippen LogP contribution in [0.1, 0.15) is 66.7 Å². The van der Waals surface area contributed by atoms with Crippen molar-refractivity contribution in [1.82, 2.24) is 10.6 Å². The number of nitrogens with one attached hydrogen (secondary N) is 2. The summed E-state index contributed by atoms with van der Waals surface area (Å²) in [7, 11) is 0. The molecule has 1 spiro atoms. The Labute approximate surface area is 238 Å². The third-order valence-corrected chi connectivity index (χ3v) is 7.63. The highest BCUT2D eigenvalue weighted by Gasteiger charge is 2.51. The molecule has 224 valence electrons. The van der Waals surface area contributed by atoms with Crippen molar-refractivity contribution in [3.05, 3.63) is 36.0 Å². The number of esters is 1. The van der Waals surface area contributed by atoms with Gasteiger partial charge in [-0.3, -0.25) is 14.4 Å². The van der Waals surface area contributed by atoms with Gasteiger partial charge in [-0.15, -0.1) is 0 Å². The van der Waals surface area contributed by atoms with Gasteiger partial charge in [-0.2, -0.15) is 0 Å². The van der Waals surface area contributed by atoms with E-state index >= 15 is 0 Å². The highest BCUT2D eigenvalue weighted by Crippen LogP contribution is 2.43. The van der Waals surface area contributed by atoms with Crippen LogP contribution < -0.4 is 16.4 Å². The zero-order chi connectivity index (χ0) is 29.3. The van der Waals surface area contributed by atoms with Crippen LogP contribution in [0.2, 0.25) is 0 Å². The number of nitrogens with two attached hydrogens (primary N) is 1. The van der Waals surface area contributed by atoms with E-state index in [4.69, 9.17) is 24.7 Å². The van der Waals surface area contributed by atoms with Gasteiger partial charge in [0.05, 0.1) is 49.1 Å².